The predicted molar refractivity (Wildman–Crippen MR) is 121 cm³/mol. The number of rotatable bonds is 3. The van der Waals surface area contributed by atoms with Gasteiger partial charge in [-0.3, -0.25) is 19.3 Å². The van der Waals surface area contributed by atoms with E-state index < -0.39 is 4.87 Å². The molecule has 0 spiro atoms. The van der Waals surface area contributed by atoms with Gasteiger partial charge in [0.25, 0.3) is 11.8 Å². The number of carbonyl (C=O) groups is 3. The van der Waals surface area contributed by atoms with Gasteiger partial charge in [0, 0.05) is 35.2 Å². The van der Waals surface area contributed by atoms with E-state index in [9.17, 15) is 14.4 Å². The van der Waals surface area contributed by atoms with Gasteiger partial charge < -0.3 is 10.2 Å². The molecule has 160 valence electrons. The molecule has 3 aliphatic rings. The molecule has 2 aromatic carbocycles. The fourth-order valence-corrected chi connectivity index (χ4v) is 6.35. The van der Waals surface area contributed by atoms with Crippen LogP contribution in [-0.4, -0.2) is 35.2 Å². The summed E-state index contributed by atoms with van der Waals surface area (Å²) < 4.78 is 0. The maximum absolute atomic E-state index is 14.1. The van der Waals surface area contributed by atoms with Crippen LogP contribution in [0, 0.1) is 0 Å². The number of amides is 3. The number of carbonyl (C=O) groups excluding carboxylic acids is 3. The van der Waals surface area contributed by atoms with Crippen LogP contribution in [0.25, 0.3) is 0 Å². The van der Waals surface area contributed by atoms with Gasteiger partial charge >= 0.3 is 0 Å². The van der Waals surface area contributed by atoms with Gasteiger partial charge in [0.05, 0.1) is 5.69 Å². The van der Waals surface area contributed by atoms with E-state index >= 15 is 0 Å². The van der Waals surface area contributed by atoms with Crippen LogP contribution in [0.5, 0.6) is 0 Å². The number of hydrogen-bond donors (Lipinski definition) is 1. The molecular weight excluding hydrogens is 410 g/mol. The minimum atomic E-state index is -0.939. The highest BCUT2D eigenvalue weighted by Gasteiger charge is 2.59. The molecule has 3 heterocycles. The highest BCUT2D eigenvalue weighted by molar-refractivity contribution is 8.02. The lowest BCUT2D eigenvalue weighted by Crippen LogP contribution is -2.55. The Morgan fingerprint density at radius 3 is 2.65 bits per heavy atom. The number of benzene rings is 2. The van der Waals surface area contributed by atoms with Crippen LogP contribution in [0.2, 0.25) is 0 Å². The standard InChI is InChI=1S/C24H25N3O3S/c1-15(2)25-22(29)17-7-5-10-18-16(17)8-6-14-26(18)23(30)24-13-12-21(28)27(24)19-9-3-4-11-20(19)31-24/h3-5,7,9-11,15H,6,8,12-14H2,1-2H3,(H,25,29). The monoisotopic (exact) mass is 435 g/mol. The van der Waals surface area contributed by atoms with Crippen molar-refractivity contribution >= 4 is 40.9 Å². The summed E-state index contributed by atoms with van der Waals surface area (Å²) in [5, 5.41) is 2.96. The molecule has 2 aromatic rings. The van der Waals surface area contributed by atoms with Crippen LogP contribution in [0.15, 0.2) is 47.4 Å². The third kappa shape index (κ3) is 3.05. The molecule has 7 heteroatoms. The van der Waals surface area contributed by atoms with E-state index in [4.69, 9.17) is 0 Å². The molecular formula is C24H25N3O3S. The Hall–Kier alpha value is -2.80. The average molecular weight is 436 g/mol. The minimum absolute atomic E-state index is 0.00639. The van der Waals surface area contributed by atoms with E-state index in [1.807, 2.05) is 56.3 Å². The number of nitrogens with one attached hydrogen (secondary N) is 1. The highest BCUT2D eigenvalue weighted by Crippen LogP contribution is 2.56. The maximum Gasteiger partial charge on any atom is 0.264 e. The minimum Gasteiger partial charge on any atom is -0.350 e. The molecule has 1 fully saturated rings. The second-order valence-electron chi connectivity index (χ2n) is 8.58. The average Bonchev–Trinajstić information content (AvgIpc) is 3.27. The summed E-state index contributed by atoms with van der Waals surface area (Å²) in [5.74, 6) is -0.186. The summed E-state index contributed by atoms with van der Waals surface area (Å²) in [4.78, 5) is 43.1. The van der Waals surface area contributed by atoms with Crippen molar-refractivity contribution in [3.63, 3.8) is 0 Å². The first-order chi connectivity index (χ1) is 14.9. The quantitative estimate of drug-likeness (QED) is 0.798. The van der Waals surface area contributed by atoms with E-state index in [0.717, 1.165) is 34.7 Å². The molecule has 3 aliphatic heterocycles. The van der Waals surface area contributed by atoms with Gasteiger partial charge in [0.2, 0.25) is 5.91 Å². The van der Waals surface area contributed by atoms with Crippen molar-refractivity contribution in [2.75, 3.05) is 16.3 Å². The number of thioether (sulfide) groups is 1. The number of nitrogens with zero attached hydrogens (tertiary/aromatic N) is 2. The summed E-state index contributed by atoms with van der Waals surface area (Å²) in [6.45, 7) is 4.45. The second-order valence-corrected chi connectivity index (χ2v) is 9.89. The Morgan fingerprint density at radius 1 is 1.06 bits per heavy atom. The van der Waals surface area contributed by atoms with E-state index in [-0.39, 0.29) is 23.8 Å². The number of anilines is 2. The first kappa shape index (κ1) is 20.1. The number of fused-ring (bicyclic) bond motifs is 4. The fourth-order valence-electron chi connectivity index (χ4n) is 4.88. The summed E-state index contributed by atoms with van der Waals surface area (Å²) in [5.41, 5.74) is 3.15. The molecule has 5 rings (SSSR count). The van der Waals surface area contributed by atoms with E-state index in [1.165, 1.54) is 11.8 Å². The Balaban J connectivity index is 1.54. The zero-order chi connectivity index (χ0) is 21.8. The van der Waals surface area contributed by atoms with Crippen molar-refractivity contribution in [2.45, 2.75) is 55.3 Å². The molecule has 31 heavy (non-hydrogen) atoms. The molecule has 0 radical (unpaired) electrons. The van der Waals surface area contributed by atoms with Gasteiger partial charge in [0.15, 0.2) is 4.87 Å². The van der Waals surface area contributed by atoms with Crippen LogP contribution < -0.4 is 15.1 Å². The lowest BCUT2D eigenvalue weighted by Gasteiger charge is -2.38. The third-order valence-electron chi connectivity index (χ3n) is 6.17. The molecule has 1 unspecified atom stereocenters. The summed E-state index contributed by atoms with van der Waals surface area (Å²) >= 11 is 1.49. The Kier molecular flexibility index (Phi) is 4.81. The molecule has 1 N–H and O–H groups in total. The Bertz CT molecular complexity index is 1100. The summed E-state index contributed by atoms with van der Waals surface area (Å²) in [7, 11) is 0. The zero-order valence-electron chi connectivity index (χ0n) is 17.7. The lowest BCUT2D eigenvalue weighted by atomic mass is 9.94. The van der Waals surface area contributed by atoms with Crippen LogP contribution in [0.4, 0.5) is 11.4 Å². The highest BCUT2D eigenvalue weighted by atomic mass is 32.2. The lowest BCUT2D eigenvalue weighted by molar-refractivity contribution is -0.122. The van der Waals surface area contributed by atoms with Crippen molar-refractivity contribution in [3.8, 4) is 0 Å². The van der Waals surface area contributed by atoms with Crippen LogP contribution in [0.1, 0.15) is 49.0 Å². The largest absolute Gasteiger partial charge is 0.350 e. The summed E-state index contributed by atoms with van der Waals surface area (Å²) in [6, 6.07) is 13.4. The SMILES string of the molecule is CC(C)NC(=O)c1cccc2c1CCCN2C(=O)C12CCC(=O)N1c1ccccc1S2. The molecule has 1 saturated heterocycles. The van der Waals surface area contributed by atoms with Crippen LogP contribution >= 0.6 is 11.8 Å². The van der Waals surface area contributed by atoms with Crippen LogP contribution in [0.3, 0.4) is 0 Å². The number of para-hydroxylation sites is 1. The Morgan fingerprint density at radius 2 is 1.84 bits per heavy atom. The molecule has 0 aromatic heterocycles. The van der Waals surface area contributed by atoms with Crippen LogP contribution in [-0.2, 0) is 16.0 Å². The zero-order valence-corrected chi connectivity index (χ0v) is 18.5. The van der Waals surface area contributed by atoms with Crippen molar-refractivity contribution in [2.24, 2.45) is 0 Å². The van der Waals surface area contributed by atoms with Crippen molar-refractivity contribution in [1.82, 2.24) is 5.32 Å². The van der Waals surface area contributed by atoms with Crippen molar-refractivity contribution in [3.05, 3.63) is 53.6 Å². The van der Waals surface area contributed by atoms with Gasteiger partial charge in [-0.25, -0.2) is 0 Å². The Labute approximate surface area is 186 Å². The van der Waals surface area contributed by atoms with E-state index in [1.54, 1.807) is 9.80 Å². The summed E-state index contributed by atoms with van der Waals surface area (Å²) in [6.07, 6.45) is 2.39. The molecule has 1 atom stereocenters. The smallest absolute Gasteiger partial charge is 0.264 e. The topological polar surface area (TPSA) is 69.7 Å². The first-order valence-electron chi connectivity index (χ1n) is 10.8. The van der Waals surface area contributed by atoms with Gasteiger partial charge in [-0.1, -0.05) is 30.0 Å². The van der Waals surface area contributed by atoms with Gasteiger partial charge in [-0.2, -0.15) is 0 Å². The van der Waals surface area contributed by atoms with Gasteiger partial charge in [0.1, 0.15) is 0 Å². The molecule has 0 aliphatic carbocycles. The maximum atomic E-state index is 14.1. The molecule has 0 bridgehead atoms. The fraction of sp³-hybridized carbons (Fsp3) is 0.375. The van der Waals surface area contributed by atoms with Gasteiger partial charge in [-0.05, 0) is 62.9 Å². The van der Waals surface area contributed by atoms with Crippen molar-refractivity contribution in [1.29, 1.82) is 0 Å². The van der Waals surface area contributed by atoms with E-state index in [2.05, 4.69) is 5.32 Å². The number of hydrogen-bond acceptors (Lipinski definition) is 4. The molecule has 6 nitrogen and oxygen atoms in total. The predicted octanol–water partition coefficient (Wildman–Crippen LogP) is 3.73. The molecule has 0 saturated carbocycles. The van der Waals surface area contributed by atoms with E-state index in [0.29, 0.717) is 24.9 Å². The third-order valence-corrected chi connectivity index (χ3v) is 7.63. The van der Waals surface area contributed by atoms with Gasteiger partial charge in [-0.15, -0.1) is 0 Å². The first-order valence-corrected chi connectivity index (χ1v) is 11.6. The second kappa shape index (κ2) is 7.41. The van der Waals surface area contributed by atoms with Crippen molar-refractivity contribution < 1.29 is 14.4 Å². The normalized spacial score (nSPS) is 21.7. The molecule has 3 amide bonds.